The molecule has 2 saturated carbocycles. The number of rotatable bonds is 7. The topological polar surface area (TPSA) is 75.6 Å². The van der Waals surface area contributed by atoms with Crippen LogP contribution in [-0.4, -0.2) is 36.2 Å². The van der Waals surface area contributed by atoms with Crippen LogP contribution in [0.25, 0.3) is 0 Å². The molecule has 0 unspecified atom stereocenters. The zero-order valence-corrected chi connectivity index (χ0v) is 12.7. The van der Waals surface area contributed by atoms with Gasteiger partial charge in [-0.1, -0.05) is 32.1 Å². The van der Waals surface area contributed by atoms with Gasteiger partial charge in [0, 0.05) is 13.0 Å². The molecule has 0 aliphatic heterocycles. The van der Waals surface area contributed by atoms with Gasteiger partial charge in [0.1, 0.15) is 0 Å². The number of carboxylic acids is 1. The number of hydrogen-bond acceptors (Lipinski definition) is 3. The highest BCUT2D eigenvalue weighted by Gasteiger charge is 2.42. The Labute approximate surface area is 126 Å². The maximum atomic E-state index is 11.9. The molecule has 2 aliphatic carbocycles. The van der Waals surface area contributed by atoms with E-state index in [9.17, 15) is 14.7 Å². The fourth-order valence-corrected chi connectivity index (χ4v) is 3.54. The van der Waals surface area contributed by atoms with Crippen molar-refractivity contribution in [1.29, 1.82) is 0 Å². The summed E-state index contributed by atoms with van der Waals surface area (Å²) in [6.07, 6.45) is 9.51. The van der Waals surface area contributed by atoms with Gasteiger partial charge in [0.25, 0.3) is 0 Å². The third kappa shape index (κ3) is 4.70. The SMILES string of the molecule is O=C(CC1(C(=O)O)CCCC1)NCCOC1CCCCC1. The van der Waals surface area contributed by atoms with Gasteiger partial charge >= 0.3 is 5.97 Å². The van der Waals surface area contributed by atoms with E-state index in [4.69, 9.17) is 4.74 Å². The Morgan fingerprint density at radius 3 is 2.38 bits per heavy atom. The van der Waals surface area contributed by atoms with Crippen molar-refractivity contribution in [3.8, 4) is 0 Å². The molecule has 0 aromatic rings. The summed E-state index contributed by atoms with van der Waals surface area (Å²) in [5, 5.41) is 12.2. The van der Waals surface area contributed by atoms with Gasteiger partial charge in [-0.05, 0) is 25.7 Å². The first-order valence-electron chi connectivity index (χ1n) is 8.24. The number of nitrogens with one attached hydrogen (secondary N) is 1. The second-order valence-corrected chi connectivity index (χ2v) is 6.45. The van der Waals surface area contributed by atoms with E-state index in [1.165, 1.54) is 19.3 Å². The third-order valence-electron chi connectivity index (χ3n) is 4.84. The summed E-state index contributed by atoms with van der Waals surface area (Å²) >= 11 is 0. The maximum absolute atomic E-state index is 11.9. The Kier molecular flexibility index (Phi) is 6.03. The largest absolute Gasteiger partial charge is 0.481 e. The lowest BCUT2D eigenvalue weighted by Gasteiger charge is -2.24. The monoisotopic (exact) mass is 297 g/mol. The number of hydrogen-bond donors (Lipinski definition) is 2. The normalized spacial score (nSPS) is 22.1. The lowest BCUT2D eigenvalue weighted by molar-refractivity contribution is -0.151. The van der Waals surface area contributed by atoms with Crippen LogP contribution in [-0.2, 0) is 14.3 Å². The molecule has 120 valence electrons. The summed E-state index contributed by atoms with van der Waals surface area (Å²) in [6, 6.07) is 0. The number of carbonyl (C=O) groups is 2. The highest BCUT2D eigenvalue weighted by molar-refractivity contribution is 5.85. The van der Waals surface area contributed by atoms with Crippen molar-refractivity contribution in [2.75, 3.05) is 13.2 Å². The fourth-order valence-electron chi connectivity index (χ4n) is 3.54. The molecular formula is C16H27NO4. The first kappa shape index (κ1) is 16.3. The lowest BCUT2D eigenvalue weighted by atomic mass is 9.82. The van der Waals surface area contributed by atoms with E-state index in [1.54, 1.807) is 0 Å². The molecule has 0 bridgehead atoms. The second-order valence-electron chi connectivity index (χ2n) is 6.45. The maximum Gasteiger partial charge on any atom is 0.310 e. The van der Waals surface area contributed by atoms with Crippen molar-refractivity contribution in [3.05, 3.63) is 0 Å². The Bertz CT molecular complexity index is 357. The molecule has 5 heteroatoms. The molecule has 0 aromatic heterocycles. The molecule has 2 aliphatic rings. The van der Waals surface area contributed by atoms with Crippen molar-refractivity contribution in [2.24, 2.45) is 5.41 Å². The van der Waals surface area contributed by atoms with Crippen LogP contribution in [0.3, 0.4) is 0 Å². The van der Waals surface area contributed by atoms with Gasteiger partial charge in [-0.2, -0.15) is 0 Å². The van der Waals surface area contributed by atoms with E-state index in [0.29, 0.717) is 32.1 Å². The fraction of sp³-hybridized carbons (Fsp3) is 0.875. The minimum absolute atomic E-state index is 0.103. The van der Waals surface area contributed by atoms with Crippen LogP contribution in [0.1, 0.15) is 64.2 Å². The predicted molar refractivity (Wildman–Crippen MR) is 79.0 cm³/mol. The summed E-state index contributed by atoms with van der Waals surface area (Å²) in [4.78, 5) is 23.3. The number of aliphatic carboxylic acids is 1. The Balaban J connectivity index is 1.63. The van der Waals surface area contributed by atoms with Crippen LogP contribution in [0.4, 0.5) is 0 Å². The molecule has 0 spiro atoms. The Hall–Kier alpha value is -1.10. The molecular weight excluding hydrogens is 270 g/mol. The molecule has 21 heavy (non-hydrogen) atoms. The average molecular weight is 297 g/mol. The molecule has 2 rings (SSSR count). The smallest absolute Gasteiger partial charge is 0.310 e. The van der Waals surface area contributed by atoms with E-state index < -0.39 is 11.4 Å². The number of carbonyl (C=O) groups excluding carboxylic acids is 1. The van der Waals surface area contributed by atoms with Crippen molar-refractivity contribution < 1.29 is 19.4 Å². The summed E-state index contributed by atoms with van der Waals surface area (Å²) in [5.74, 6) is -0.986. The summed E-state index contributed by atoms with van der Waals surface area (Å²) in [7, 11) is 0. The van der Waals surface area contributed by atoms with Gasteiger partial charge in [0.05, 0.1) is 18.1 Å². The van der Waals surface area contributed by atoms with E-state index in [1.807, 2.05) is 0 Å². The number of carboxylic acid groups (broad SMARTS) is 1. The molecule has 0 aromatic carbocycles. The summed E-state index contributed by atoms with van der Waals surface area (Å²) in [6.45, 7) is 1.00. The molecule has 0 saturated heterocycles. The average Bonchev–Trinajstić information content (AvgIpc) is 2.94. The minimum atomic E-state index is -0.825. The van der Waals surface area contributed by atoms with Gasteiger partial charge in [-0.15, -0.1) is 0 Å². The Morgan fingerprint density at radius 2 is 1.76 bits per heavy atom. The van der Waals surface area contributed by atoms with Crippen molar-refractivity contribution in [3.63, 3.8) is 0 Å². The van der Waals surface area contributed by atoms with E-state index in [2.05, 4.69) is 5.32 Å². The zero-order chi connectivity index (χ0) is 15.1. The van der Waals surface area contributed by atoms with E-state index in [0.717, 1.165) is 25.7 Å². The quantitative estimate of drug-likeness (QED) is 0.708. The number of ether oxygens (including phenoxy) is 1. The van der Waals surface area contributed by atoms with Gasteiger partial charge in [-0.25, -0.2) is 0 Å². The molecule has 2 N–H and O–H groups in total. The van der Waals surface area contributed by atoms with Crippen LogP contribution in [0.15, 0.2) is 0 Å². The van der Waals surface area contributed by atoms with Crippen LogP contribution >= 0.6 is 0 Å². The van der Waals surface area contributed by atoms with E-state index in [-0.39, 0.29) is 12.3 Å². The zero-order valence-electron chi connectivity index (χ0n) is 12.7. The second kappa shape index (κ2) is 7.78. The first-order chi connectivity index (χ1) is 10.1. The Morgan fingerprint density at radius 1 is 1.10 bits per heavy atom. The summed E-state index contributed by atoms with van der Waals surface area (Å²) < 4.78 is 5.74. The predicted octanol–water partition coefficient (Wildman–Crippen LogP) is 2.49. The molecule has 1 amide bonds. The summed E-state index contributed by atoms with van der Waals surface area (Å²) in [5.41, 5.74) is -0.825. The highest BCUT2D eigenvalue weighted by atomic mass is 16.5. The molecule has 0 radical (unpaired) electrons. The minimum Gasteiger partial charge on any atom is -0.481 e. The van der Waals surface area contributed by atoms with Crippen LogP contribution in [0, 0.1) is 5.41 Å². The van der Waals surface area contributed by atoms with Gasteiger partial charge in [0.2, 0.25) is 5.91 Å². The van der Waals surface area contributed by atoms with Crippen LogP contribution in [0.5, 0.6) is 0 Å². The molecule has 5 nitrogen and oxygen atoms in total. The standard InChI is InChI=1S/C16H27NO4/c18-14(12-16(15(19)20)8-4-5-9-16)17-10-11-21-13-6-2-1-3-7-13/h13H,1-12H2,(H,17,18)(H,19,20). The highest BCUT2D eigenvalue weighted by Crippen LogP contribution is 2.41. The van der Waals surface area contributed by atoms with Crippen LogP contribution < -0.4 is 5.32 Å². The number of amides is 1. The van der Waals surface area contributed by atoms with Crippen molar-refractivity contribution >= 4 is 11.9 Å². The van der Waals surface area contributed by atoms with Crippen molar-refractivity contribution in [2.45, 2.75) is 70.3 Å². The lowest BCUT2D eigenvalue weighted by Crippen LogP contribution is -2.37. The van der Waals surface area contributed by atoms with Gasteiger partial charge in [0.15, 0.2) is 0 Å². The van der Waals surface area contributed by atoms with Gasteiger partial charge < -0.3 is 15.2 Å². The van der Waals surface area contributed by atoms with Gasteiger partial charge in [-0.3, -0.25) is 9.59 Å². The third-order valence-corrected chi connectivity index (χ3v) is 4.84. The molecule has 0 atom stereocenters. The van der Waals surface area contributed by atoms with Crippen molar-refractivity contribution in [1.82, 2.24) is 5.32 Å². The van der Waals surface area contributed by atoms with E-state index >= 15 is 0 Å². The first-order valence-corrected chi connectivity index (χ1v) is 8.24. The van der Waals surface area contributed by atoms with Crippen LogP contribution in [0.2, 0.25) is 0 Å². The molecule has 0 heterocycles. The molecule has 2 fully saturated rings.